The number of anilines is 2. The fourth-order valence-corrected chi connectivity index (χ4v) is 3.11. The zero-order valence-corrected chi connectivity index (χ0v) is 15.3. The monoisotopic (exact) mass is 387 g/mol. The summed E-state index contributed by atoms with van der Waals surface area (Å²) in [6.45, 7) is 0.719. The predicted molar refractivity (Wildman–Crippen MR) is 112 cm³/mol. The first-order valence-corrected chi connectivity index (χ1v) is 8.79. The number of nitrogens with two attached hydrogens (primary N) is 1. The Morgan fingerprint density at radius 2 is 1.90 bits per heavy atom. The summed E-state index contributed by atoms with van der Waals surface area (Å²) in [6.07, 6.45) is 4.74. The third kappa shape index (κ3) is 3.74. The number of hydrazone groups is 1. The number of para-hydroxylation sites is 1. The number of fused-ring (bicyclic) bond motifs is 1. The standard InChI is InChI=1S/C20H17N7O2/c21-19-18(27(28)29)20(23-13-22-19)25-24-10-15-12-26(11-14-6-2-1-3-7-14)17-9-5-4-8-16(15)17/h1-10,12-13H,11H2,(H3,21,22,23,25)/b24-10+. The van der Waals surface area contributed by atoms with Crippen molar-refractivity contribution in [2.75, 3.05) is 11.2 Å². The number of benzene rings is 2. The number of rotatable bonds is 6. The van der Waals surface area contributed by atoms with Gasteiger partial charge in [0.05, 0.1) is 11.1 Å². The van der Waals surface area contributed by atoms with Gasteiger partial charge in [0.15, 0.2) is 0 Å². The number of nitro groups is 1. The summed E-state index contributed by atoms with van der Waals surface area (Å²) in [7, 11) is 0. The minimum Gasteiger partial charge on any atom is -0.378 e. The number of hydrogen-bond acceptors (Lipinski definition) is 7. The van der Waals surface area contributed by atoms with Crippen LogP contribution >= 0.6 is 0 Å². The van der Waals surface area contributed by atoms with Crippen LogP contribution in [0.4, 0.5) is 17.3 Å². The highest BCUT2D eigenvalue weighted by molar-refractivity contribution is 5.99. The molecule has 2 aromatic heterocycles. The number of nitrogens with one attached hydrogen (secondary N) is 1. The molecule has 0 radical (unpaired) electrons. The number of aromatic nitrogens is 3. The van der Waals surface area contributed by atoms with Crippen molar-refractivity contribution in [1.29, 1.82) is 0 Å². The van der Waals surface area contributed by atoms with Crippen molar-refractivity contribution in [3.8, 4) is 0 Å². The fourth-order valence-electron chi connectivity index (χ4n) is 3.11. The van der Waals surface area contributed by atoms with Gasteiger partial charge in [0.2, 0.25) is 11.6 Å². The first kappa shape index (κ1) is 18.1. The Hall–Kier alpha value is -4.27. The molecule has 3 N–H and O–H groups in total. The van der Waals surface area contributed by atoms with Crippen molar-refractivity contribution >= 4 is 34.4 Å². The van der Waals surface area contributed by atoms with Crippen LogP contribution in [0.15, 0.2) is 72.2 Å². The second-order valence-corrected chi connectivity index (χ2v) is 6.30. The molecule has 0 saturated heterocycles. The molecule has 0 fully saturated rings. The highest BCUT2D eigenvalue weighted by Crippen LogP contribution is 2.26. The van der Waals surface area contributed by atoms with E-state index < -0.39 is 10.6 Å². The SMILES string of the molecule is Nc1ncnc(N/N=C/c2cn(Cc3ccccc3)c3ccccc23)c1[N+](=O)[O-]. The van der Waals surface area contributed by atoms with Crippen molar-refractivity contribution in [3.63, 3.8) is 0 Å². The largest absolute Gasteiger partial charge is 0.378 e. The van der Waals surface area contributed by atoms with Crippen molar-refractivity contribution in [1.82, 2.24) is 14.5 Å². The molecule has 9 heteroatoms. The van der Waals surface area contributed by atoms with Gasteiger partial charge in [-0.15, -0.1) is 0 Å². The van der Waals surface area contributed by atoms with Crippen LogP contribution in [0.5, 0.6) is 0 Å². The summed E-state index contributed by atoms with van der Waals surface area (Å²) in [5, 5.41) is 16.3. The normalized spacial score (nSPS) is 11.2. The third-order valence-electron chi connectivity index (χ3n) is 4.42. The van der Waals surface area contributed by atoms with Crippen LogP contribution < -0.4 is 11.2 Å². The lowest BCUT2D eigenvalue weighted by Crippen LogP contribution is -2.04. The van der Waals surface area contributed by atoms with Gasteiger partial charge < -0.3 is 10.3 Å². The van der Waals surface area contributed by atoms with E-state index in [2.05, 4.69) is 37.2 Å². The summed E-state index contributed by atoms with van der Waals surface area (Å²) < 4.78 is 2.14. The Bertz CT molecular complexity index is 1200. The molecule has 2 heterocycles. The van der Waals surface area contributed by atoms with Crippen LogP contribution in [0.2, 0.25) is 0 Å². The van der Waals surface area contributed by atoms with Gasteiger partial charge >= 0.3 is 5.69 Å². The summed E-state index contributed by atoms with van der Waals surface area (Å²) in [5.74, 6) is -0.283. The Labute approximate surface area is 165 Å². The summed E-state index contributed by atoms with van der Waals surface area (Å²) in [6, 6.07) is 18.1. The molecule has 29 heavy (non-hydrogen) atoms. The second-order valence-electron chi connectivity index (χ2n) is 6.30. The maximum atomic E-state index is 11.2. The maximum Gasteiger partial charge on any atom is 0.354 e. The Balaban J connectivity index is 1.64. The molecule has 0 spiro atoms. The average Bonchev–Trinajstić information content (AvgIpc) is 3.06. The molecule has 144 valence electrons. The van der Waals surface area contributed by atoms with Gasteiger partial charge in [-0.25, -0.2) is 9.97 Å². The highest BCUT2D eigenvalue weighted by atomic mass is 16.6. The number of nitrogens with zero attached hydrogens (tertiary/aromatic N) is 5. The first-order chi connectivity index (χ1) is 14.1. The number of hydrogen-bond donors (Lipinski definition) is 2. The van der Waals surface area contributed by atoms with E-state index in [1.165, 1.54) is 5.56 Å². The van der Waals surface area contributed by atoms with Gasteiger partial charge in [-0.2, -0.15) is 5.10 Å². The average molecular weight is 387 g/mol. The van der Waals surface area contributed by atoms with Gasteiger partial charge in [0, 0.05) is 29.2 Å². The van der Waals surface area contributed by atoms with E-state index in [9.17, 15) is 10.1 Å². The van der Waals surface area contributed by atoms with Crippen LogP contribution in [-0.2, 0) is 6.54 Å². The van der Waals surface area contributed by atoms with E-state index in [4.69, 9.17) is 5.73 Å². The number of nitrogen functional groups attached to an aromatic ring is 1. The molecule has 0 amide bonds. The second kappa shape index (κ2) is 7.77. The van der Waals surface area contributed by atoms with Crippen molar-refractivity contribution in [2.24, 2.45) is 5.10 Å². The molecule has 0 aliphatic rings. The molecule has 0 saturated carbocycles. The molecular formula is C20H17N7O2. The van der Waals surface area contributed by atoms with Gasteiger partial charge in [-0.1, -0.05) is 48.5 Å². The lowest BCUT2D eigenvalue weighted by atomic mass is 10.2. The molecule has 0 aliphatic carbocycles. The van der Waals surface area contributed by atoms with Crippen LogP contribution in [0.1, 0.15) is 11.1 Å². The molecule has 0 unspecified atom stereocenters. The van der Waals surface area contributed by atoms with Crippen LogP contribution in [-0.4, -0.2) is 25.7 Å². The molecule has 0 atom stereocenters. The maximum absolute atomic E-state index is 11.2. The molecular weight excluding hydrogens is 370 g/mol. The van der Waals surface area contributed by atoms with Gasteiger partial charge in [-0.05, 0) is 11.6 Å². The lowest BCUT2D eigenvalue weighted by molar-refractivity contribution is -0.383. The summed E-state index contributed by atoms with van der Waals surface area (Å²) >= 11 is 0. The Morgan fingerprint density at radius 1 is 1.14 bits per heavy atom. The van der Waals surface area contributed by atoms with Gasteiger partial charge in [-0.3, -0.25) is 15.5 Å². The smallest absolute Gasteiger partial charge is 0.354 e. The van der Waals surface area contributed by atoms with E-state index >= 15 is 0 Å². The van der Waals surface area contributed by atoms with Crippen LogP contribution in [0.3, 0.4) is 0 Å². The quantitative estimate of drug-likeness (QED) is 0.297. The van der Waals surface area contributed by atoms with E-state index in [0.717, 1.165) is 29.3 Å². The lowest BCUT2D eigenvalue weighted by Gasteiger charge is -2.05. The predicted octanol–water partition coefficient (Wildman–Crippen LogP) is 3.42. The highest BCUT2D eigenvalue weighted by Gasteiger charge is 2.20. The third-order valence-corrected chi connectivity index (χ3v) is 4.42. The van der Waals surface area contributed by atoms with Crippen molar-refractivity contribution < 1.29 is 4.92 Å². The van der Waals surface area contributed by atoms with Crippen molar-refractivity contribution in [2.45, 2.75) is 6.54 Å². The topological polar surface area (TPSA) is 124 Å². The van der Waals surface area contributed by atoms with Crippen LogP contribution in [0.25, 0.3) is 10.9 Å². The summed E-state index contributed by atoms with van der Waals surface area (Å²) in [5.41, 5.74) is 10.9. The zero-order chi connectivity index (χ0) is 20.2. The molecule has 0 bridgehead atoms. The van der Waals surface area contributed by atoms with Crippen LogP contribution in [0, 0.1) is 10.1 Å². The van der Waals surface area contributed by atoms with E-state index in [1.807, 2.05) is 48.7 Å². The molecule has 2 aromatic carbocycles. The Kier molecular flexibility index (Phi) is 4.85. The molecule has 4 aromatic rings. The van der Waals surface area contributed by atoms with E-state index in [0.29, 0.717) is 0 Å². The summed E-state index contributed by atoms with van der Waals surface area (Å²) in [4.78, 5) is 18.0. The minimum absolute atomic E-state index is 0.0632. The molecule has 0 aliphatic heterocycles. The zero-order valence-electron chi connectivity index (χ0n) is 15.3. The van der Waals surface area contributed by atoms with Crippen molar-refractivity contribution in [3.05, 3.63) is 88.4 Å². The fraction of sp³-hybridized carbons (Fsp3) is 0.0500. The molecule has 4 rings (SSSR count). The van der Waals surface area contributed by atoms with E-state index in [-0.39, 0.29) is 11.6 Å². The van der Waals surface area contributed by atoms with Gasteiger partial charge in [0.1, 0.15) is 6.33 Å². The Morgan fingerprint density at radius 3 is 2.69 bits per heavy atom. The minimum atomic E-state index is -0.640. The first-order valence-electron chi connectivity index (χ1n) is 8.79. The van der Waals surface area contributed by atoms with E-state index in [1.54, 1.807) is 6.21 Å². The molecule has 9 nitrogen and oxygen atoms in total. The van der Waals surface area contributed by atoms with Gasteiger partial charge in [0.25, 0.3) is 0 Å².